The standard InChI is InChI=1S/C24H19Cl2N2O/c25-18-8-6-17-7-9-23(24(29)19(17)12-18)27-11-10-22-20(14-27)21(26)15-28(22)13-16-4-2-1-3-5-16/h1-6,8,10-12,14-15,23H,7,9,13H2/q+1. The summed E-state index contributed by atoms with van der Waals surface area (Å²) >= 11 is 12.7. The fourth-order valence-corrected chi connectivity index (χ4v) is 4.64. The first-order valence-electron chi connectivity index (χ1n) is 9.66. The maximum atomic E-state index is 13.1. The minimum absolute atomic E-state index is 0.109. The first kappa shape index (κ1) is 18.4. The summed E-state index contributed by atoms with van der Waals surface area (Å²) in [6.07, 6.45) is 7.57. The van der Waals surface area contributed by atoms with Gasteiger partial charge in [0, 0.05) is 35.8 Å². The summed E-state index contributed by atoms with van der Waals surface area (Å²) in [5.41, 5.74) is 4.08. The molecular formula is C24H19Cl2N2O+. The van der Waals surface area contributed by atoms with Gasteiger partial charge in [0.25, 0.3) is 0 Å². The molecule has 3 nitrogen and oxygen atoms in total. The van der Waals surface area contributed by atoms with Crippen molar-refractivity contribution in [3.8, 4) is 0 Å². The van der Waals surface area contributed by atoms with E-state index in [0.29, 0.717) is 10.0 Å². The normalized spacial score (nSPS) is 16.2. The molecule has 0 saturated heterocycles. The Morgan fingerprint density at radius 1 is 1.07 bits per heavy atom. The Morgan fingerprint density at radius 2 is 1.90 bits per heavy atom. The summed E-state index contributed by atoms with van der Waals surface area (Å²) in [6, 6.07) is 17.7. The lowest BCUT2D eigenvalue weighted by molar-refractivity contribution is -0.707. The van der Waals surface area contributed by atoms with Crippen molar-refractivity contribution in [1.82, 2.24) is 4.57 Å². The fourth-order valence-electron chi connectivity index (χ4n) is 4.20. The van der Waals surface area contributed by atoms with Gasteiger partial charge in [-0.1, -0.05) is 59.6 Å². The van der Waals surface area contributed by atoms with Crippen LogP contribution in [-0.4, -0.2) is 10.4 Å². The van der Waals surface area contributed by atoms with Crippen LogP contribution in [0, 0.1) is 0 Å². The third-order valence-corrected chi connectivity index (χ3v) is 6.21. The number of hydrogen-bond donors (Lipinski definition) is 0. The molecule has 144 valence electrons. The summed E-state index contributed by atoms with van der Waals surface area (Å²) in [4.78, 5) is 13.1. The Hall–Kier alpha value is -2.62. The number of aromatic nitrogens is 2. The van der Waals surface area contributed by atoms with Crippen molar-refractivity contribution in [3.63, 3.8) is 0 Å². The van der Waals surface area contributed by atoms with E-state index in [2.05, 4.69) is 16.7 Å². The Balaban J connectivity index is 1.51. The highest BCUT2D eigenvalue weighted by Gasteiger charge is 2.34. The second-order valence-electron chi connectivity index (χ2n) is 7.50. The molecule has 0 N–H and O–H groups in total. The summed E-state index contributed by atoms with van der Waals surface area (Å²) in [6.45, 7) is 0.752. The van der Waals surface area contributed by atoms with Gasteiger partial charge in [-0.05, 0) is 29.7 Å². The largest absolute Gasteiger partial charge is 0.341 e. The van der Waals surface area contributed by atoms with Crippen LogP contribution in [-0.2, 0) is 13.0 Å². The van der Waals surface area contributed by atoms with Crippen LogP contribution in [0.5, 0.6) is 0 Å². The Bertz CT molecular complexity index is 1230. The maximum absolute atomic E-state index is 13.1. The molecule has 1 unspecified atom stereocenters. The van der Waals surface area contributed by atoms with Crippen molar-refractivity contribution in [3.05, 3.63) is 99.9 Å². The van der Waals surface area contributed by atoms with E-state index in [1.807, 2.05) is 59.6 Å². The van der Waals surface area contributed by atoms with Crippen molar-refractivity contribution in [2.24, 2.45) is 0 Å². The molecule has 29 heavy (non-hydrogen) atoms. The molecule has 1 atom stereocenters. The smallest absolute Gasteiger partial charge is 0.230 e. The number of rotatable bonds is 3. The van der Waals surface area contributed by atoms with Crippen molar-refractivity contribution in [2.75, 3.05) is 0 Å². The predicted molar refractivity (Wildman–Crippen MR) is 116 cm³/mol. The number of fused-ring (bicyclic) bond motifs is 2. The monoisotopic (exact) mass is 421 g/mol. The molecule has 2 aromatic carbocycles. The van der Waals surface area contributed by atoms with Crippen molar-refractivity contribution in [2.45, 2.75) is 25.4 Å². The summed E-state index contributed by atoms with van der Waals surface area (Å²) in [7, 11) is 0. The van der Waals surface area contributed by atoms with E-state index >= 15 is 0 Å². The van der Waals surface area contributed by atoms with E-state index in [-0.39, 0.29) is 11.8 Å². The lowest BCUT2D eigenvalue weighted by Gasteiger charge is -2.20. The highest BCUT2D eigenvalue weighted by Crippen LogP contribution is 2.30. The van der Waals surface area contributed by atoms with Crippen molar-refractivity contribution in [1.29, 1.82) is 0 Å². The molecule has 0 spiro atoms. The van der Waals surface area contributed by atoms with Crippen LogP contribution in [0.3, 0.4) is 0 Å². The van der Waals surface area contributed by atoms with E-state index in [1.54, 1.807) is 6.07 Å². The zero-order valence-corrected chi connectivity index (χ0v) is 17.2. The SMILES string of the molecule is O=C1c2cc(Cl)ccc2CCC1[n+]1ccc2c(c1)c(Cl)cn2Cc1ccccc1. The minimum atomic E-state index is -0.237. The number of aryl methyl sites for hydroxylation is 1. The number of halogens is 2. The van der Waals surface area contributed by atoms with Crippen LogP contribution < -0.4 is 4.57 Å². The number of nitrogens with zero attached hydrogens (tertiary/aromatic N) is 2. The Kier molecular flexibility index (Phi) is 4.65. The van der Waals surface area contributed by atoms with Crippen LogP contribution in [0.4, 0.5) is 0 Å². The van der Waals surface area contributed by atoms with Gasteiger partial charge in [-0.15, -0.1) is 0 Å². The van der Waals surface area contributed by atoms with E-state index in [9.17, 15) is 4.79 Å². The van der Waals surface area contributed by atoms with E-state index in [1.165, 1.54) is 5.56 Å². The number of pyridine rings is 1. The Labute approximate surface area is 179 Å². The first-order valence-corrected chi connectivity index (χ1v) is 10.4. The molecule has 0 amide bonds. The second-order valence-corrected chi connectivity index (χ2v) is 8.35. The van der Waals surface area contributed by atoms with E-state index in [4.69, 9.17) is 23.2 Å². The van der Waals surface area contributed by atoms with Gasteiger partial charge in [-0.3, -0.25) is 4.79 Å². The zero-order valence-electron chi connectivity index (χ0n) is 15.7. The third-order valence-electron chi connectivity index (χ3n) is 5.68. The maximum Gasteiger partial charge on any atom is 0.230 e. The fraction of sp³-hybridized carbons (Fsp3) is 0.167. The number of carbonyl (C=O) groups excluding carboxylic acids is 1. The van der Waals surface area contributed by atoms with Gasteiger partial charge >= 0.3 is 0 Å². The lowest BCUT2D eigenvalue weighted by Crippen LogP contribution is -2.45. The topological polar surface area (TPSA) is 25.9 Å². The van der Waals surface area contributed by atoms with Gasteiger partial charge in [0.2, 0.25) is 11.8 Å². The first-order chi connectivity index (χ1) is 14.1. The molecule has 5 heteroatoms. The van der Waals surface area contributed by atoms with Gasteiger partial charge in [-0.2, -0.15) is 4.57 Å². The highest BCUT2D eigenvalue weighted by atomic mass is 35.5. The quantitative estimate of drug-likeness (QED) is 0.392. The minimum Gasteiger partial charge on any atom is -0.341 e. The average Bonchev–Trinajstić information content (AvgIpc) is 3.04. The van der Waals surface area contributed by atoms with Gasteiger partial charge in [-0.25, -0.2) is 0 Å². The van der Waals surface area contributed by atoms with Gasteiger partial charge in [0.05, 0.1) is 15.9 Å². The van der Waals surface area contributed by atoms with Crippen LogP contribution >= 0.6 is 23.2 Å². The molecule has 1 aliphatic rings. The molecule has 2 aromatic heterocycles. The number of ketones is 1. The van der Waals surface area contributed by atoms with Crippen LogP contribution in [0.1, 0.15) is 33.9 Å². The van der Waals surface area contributed by atoms with Crippen molar-refractivity contribution >= 4 is 39.9 Å². The number of hydrogen-bond acceptors (Lipinski definition) is 1. The summed E-state index contributed by atoms with van der Waals surface area (Å²) < 4.78 is 4.14. The number of carbonyl (C=O) groups is 1. The van der Waals surface area contributed by atoms with Crippen LogP contribution in [0.25, 0.3) is 10.9 Å². The van der Waals surface area contributed by atoms with Gasteiger partial charge < -0.3 is 4.57 Å². The van der Waals surface area contributed by atoms with E-state index in [0.717, 1.165) is 41.4 Å². The Morgan fingerprint density at radius 3 is 2.72 bits per heavy atom. The third kappa shape index (κ3) is 3.35. The molecule has 0 fully saturated rings. The molecule has 0 saturated carbocycles. The number of benzene rings is 2. The molecule has 1 aliphatic carbocycles. The predicted octanol–water partition coefficient (Wildman–Crippen LogP) is 5.65. The molecule has 0 bridgehead atoms. The zero-order chi connectivity index (χ0) is 20.0. The second kappa shape index (κ2) is 7.33. The summed E-state index contributed by atoms with van der Waals surface area (Å²) in [5, 5.41) is 2.24. The highest BCUT2D eigenvalue weighted by molar-refractivity contribution is 6.35. The van der Waals surface area contributed by atoms with Gasteiger partial charge in [0.1, 0.15) is 0 Å². The molecule has 5 rings (SSSR count). The lowest BCUT2D eigenvalue weighted by atomic mass is 9.87. The van der Waals surface area contributed by atoms with Crippen molar-refractivity contribution < 1.29 is 9.36 Å². The van der Waals surface area contributed by atoms with E-state index < -0.39 is 0 Å². The van der Waals surface area contributed by atoms with Crippen LogP contribution in [0.15, 0.2) is 73.2 Å². The van der Waals surface area contributed by atoms with Gasteiger partial charge in [0.15, 0.2) is 12.4 Å². The average molecular weight is 422 g/mol. The molecule has 4 aromatic rings. The molecule has 0 radical (unpaired) electrons. The molecular weight excluding hydrogens is 403 g/mol. The summed E-state index contributed by atoms with van der Waals surface area (Å²) in [5.74, 6) is 0.109. The van der Waals surface area contributed by atoms with Crippen LogP contribution in [0.2, 0.25) is 10.0 Å². The number of Topliss-reactive ketones (excluding diaryl/α,β-unsaturated/α-hetero) is 1. The molecule has 0 aliphatic heterocycles. The molecule has 2 heterocycles.